The standard InChI is InChI=1S/C27H31N3OS/c1-18(2)29-12-10-22(11-13-29)28-27(31)25-16-20-6-4-5-7-24(20)30(25)17-23-15-21-9-8-19(3)14-26(21)32-23/h4-9,14-16,18,22H,10-13,17H2,1-3H3,(H,28,31). The Kier molecular flexibility index (Phi) is 5.78. The normalized spacial score (nSPS) is 15.8. The van der Waals surface area contributed by atoms with Crippen LogP contribution in [0.25, 0.3) is 21.0 Å². The maximum atomic E-state index is 13.4. The molecule has 0 spiro atoms. The Hall–Kier alpha value is -2.63. The van der Waals surface area contributed by atoms with Gasteiger partial charge in [0.15, 0.2) is 0 Å². The van der Waals surface area contributed by atoms with Crippen LogP contribution in [0.4, 0.5) is 0 Å². The van der Waals surface area contributed by atoms with Gasteiger partial charge in [0.05, 0.1) is 6.54 Å². The van der Waals surface area contributed by atoms with Crippen molar-refractivity contribution in [1.82, 2.24) is 14.8 Å². The number of hydrogen-bond donors (Lipinski definition) is 1. The molecule has 0 aliphatic carbocycles. The van der Waals surface area contributed by atoms with E-state index in [4.69, 9.17) is 0 Å². The molecule has 5 rings (SSSR count). The second-order valence-electron chi connectivity index (χ2n) is 9.31. The Labute approximate surface area is 193 Å². The smallest absolute Gasteiger partial charge is 0.268 e. The number of amides is 1. The molecular weight excluding hydrogens is 414 g/mol. The molecule has 0 saturated carbocycles. The number of fused-ring (bicyclic) bond motifs is 2. The van der Waals surface area contributed by atoms with Crippen LogP contribution in [-0.2, 0) is 6.54 Å². The van der Waals surface area contributed by atoms with E-state index >= 15 is 0 Å². The lowest BCUT2D eigenvalue weighted by atomic mass is 10.0. The van der Waals surface area contributed by atoms with Gasteiger partial charge in [-0.05, 0) is 68.8 Å². The highest BCUT2D eigenvalue weighted by Gasteiger charge is 2.24. The highest BCUT2D eigenvalue weighted by atomic mass is 32.1. The van der Waals surface area contributed by atoms with Gasteiger partial charge in [0.1, 0.15) is 5.69 Å². The molecule has 3 heterocycles. The number of thiophene rings is 1. The molecular formula is C27H31N3OS. The van der Waals surface area contributed by atoms with Gasteiger partial charge >= 0.3 is 0 Å². The molecule has 0 bridgehead atoms. The molecule has 32 heavy (non-hydrogen) atoms. The van der Waals surface area contributed by atoms with Crippen molar-refractivity contribution in [1.29, 1.82) is 0 Å². The zero-order valence-electron chi connectivity index (χ0n) is 19.1. The van der Waals surface area contributed by atoms with Gasteiger partial charge in [-0.15, -0.1) is 11.3 Å². The number of carbonyl (C=O) groups is 1. The van der Waals surface area contributed by atoms with E-state index in [0.29, 0.717) is 12.6 Å². The summed E-state index contributed by atoms with van der Waals surface area (Å²) in [7, 11) is 0. The molecule has 0 radical (unpaired) electrons. The van der Waals surface area contributed by atoms with E-state index in [0.717, 1.165) is 42.5 Å². The van der Waals surface area contributed by atoms with Crippen molar-refractivity contribution in [2.24, 2.45) is 0 Å². The van der Waals surface area contributed by atoms with Crippen LogP contribution in [0.5, 0.6) is 0 Å². The van der Waals surface area contributed by atoms with Gasteiger partial charge < -0.3 is 14.8 Å². The zero-order chi connectivity index (χ0) is 22.2. The SMILES string of the molecule is Cc1ccc2cc(Cn3c(C(=O)NC4CCN(C(C)C)CC4)cc4ccccc43)sc2c1. The third-order valence-corrected chi connectivity index (χ3v) is 7.76. The van der Waals surface area contributed by atoms with Crippen molar-refractivity contribution in [3.63, 3.8) is 0 Å². The van der Waals surface area contributed by atoms with Crippen molar-refractivity contribution >= 4 is 38.2 Å². The van der Waals surface area contributed by atoms with E-state index in [9.17, 15) is 4.79 Å². The topological polar surface area (TPSA) is 37.3 Å². The van der Waals surface area contributed by atoms with Crippen molar-refractivity contribution in [3.8, 4) is 0 Å². The molecule has 1 aliphatic heterocycles. The molecule has 166 valence electrons. The Morgan fingerprint density at radius 3 is 2.62 bits per heavy atom. The summed E-state index contributed by atoms with van der Waals surface area (Å²) >= 11 is 1.82. The second-order valence-corrected chi connectivity index (χ2v) is 10.5. The monoisotopic (exact) mass is 445 g/mol. The summed E-state index contributed by atoms with van der Waals surface area (Å²) in [5, 5.41) is 5.72. The van der Waals surface area contributed by atoms with E-state index in [1.807, 2.05) is 23.5 Å². The quantitative estimate of drug-likeness (QED) is 0.421. The van der Waals surface area contributed by atoms with E-state index in [1.54, 1.807) is 0 Å². The molecule has 0 unspecified atom stereocenters. The maximum absolute atomic E-state index is 13.4. The average Bonchev–Trinajstić information content (AvgIpc) is 3.35. The number of aryl methyl sites for hydroxylation is 1. The number of aromatic nitrogens is 1. The van der Waals surface area contributed by atoms with Gasteiger partial charge in [0, 0.05) is 45.7 Å². The fraction of sp³-hybridized carbons (Fsp3) is 0.370. The van der Waals surface area contributed by atoms with Crippen LogP contribution < -0.4 is 5.32 Å². The first-order valence-electron chi connectivity index (χ1n) is 11.6. The summed E-state index contributed by atoms with van der Waals surface area (Å²) in [5.74, 6) is 0.0427. The molecule has 2 aromatic heterocycles. The lowest BCUT2D eigenvalue weighted by Gasteiger charge is -2.34. The molecule has 1 N–H and O–H groups in total. The predicted molar refractivity (Wildman–Crippen MR) is 135 cm³/mol. The average molecular weight is 446 g/mol. The van der Waals surface area contributed by atoms with Gasteiger partial charge in [0.2, 0.25) is 0 Å². The van der Waals surface area contributed by atoms with Crippen molar-refractivity contribution in [2.45, 2.75) is 52.2 Å². The molecule has 5 heteroatoms. The summed E-state index contributed by atoms with van der Waals surface area (Å²) in [6, 6.07) is 20.0. The van der Waals surface area contributed by atoms with Crippen LogP contribution >= 0.6 is 11.3 Å². The minimum Gasteiger partial charge on any atom is -0.348 e. The highest BCUT2D eigenvalue weighted by Crippen LogP contribution is 2.29. The predicted octanol–water partition coefficient (Wildman–Crippen LogP) is 5.82. The first-order valence-corrected chi connectivity index (χ1v) is 12.4. The van der Waals surface area contributed by atoms with Crippen molar-refractivity contribution in [2.75, 3.05) is 13.1 Å². The molecule has 1 fully saturated rings. The first-order chi connectivity index (χ1) is 15.5. The van der Waals surface area contributed by atoms with E-state index in [1.165, 1.54) is 20.5 Å². The van der Waals surface area contributed by atoms with Gasteiger partial charge in [0.25, 0.3) is 5.91 Å². The number of nitrogens with one attached hydrogen (secondary N) is 1. The highest BCUT2D eigenvalue weighted by molar-refractivity contribution is 7.19. The summed E-state index contributed by atoms with van der Waals surface area (Å²) in [6.07, 6.45) is 2.03. The number of para-hydroxylation sites is 1. The van der Waals surface area contributed by atoms with Crippen LogP contribution in [0.1, 0.15) is 47.6 Å². The number of benzene rings is 2. The maximum Gasteiger partial charge on any atom is 0.268 e. The largest absolute Gasteiger partial charge is 0.348 e. The van der Waals surface area contributed by atoms with Gasteiger partial charge in [-0.3, -0.25) is 4.79 Å². The van der Waals surface area contributed by atoms with Crippen LogP contribution in [-0.4, -0.2) is 40.5 Å². The summed E-state index contributed by atoms with van der Waals surface area (Å²) < 4.78 is 3.49. The van der Waals surface area contributed by atoms with Crippen LogP contribution in [0.15, 0.2) is 54.6 Å². The molecule has 1 saturated heterocycles. The van der Waals surface area contributed by atoms with Crippen molar-refractivity contribution < 1.29 is 4.79 Å². The molecule has 0 atom stereocenters. The Bertz CT molecular complexity index is 1260. The Morgan fingerprint density at radius 1 is 1.06 bits per heavy atom. The molecule has 2 aromatic carbocycles. The Balaban J connectivity index is 1.42. The van der Waals surface area contributed by atoms with Crippen LogP contribution in [0.3, 0.4) is 0 Å². The summed E-state index contributed by atoms with van der Waals surface area (Å²) in [5.41, 5.74) is 3.15. The van der Waals surface area contributed by atoms with Gasteiger partial charge in [-0.2, -0.15) is 0 Å². The Morgan fingerprint density at radius 2 is 1.84 bits per heavy atom. The summed E-state index contributed by atoms with van der Waals surface area (Å²) in [6.45, 7) is 9.42. The number of likely N-dealkylation sites (tertiary alicyclic amines) is 1. The number of rotatable bonds is 5. The van der Waals surface area contributed by atoms with E-state index in [2.05, 4.69) is 78.0 Å². The zero-order valence-corrected chi connectivity index (χ0v) is 19.9. The molecule has 1 amide bonds. The van der Waals surface area contributed by atoms with E-state index in [-0.39, 0.29) is 11.9 Å². The van der Waals surface area contributed by atoms with Crippen molar-refractivity contribution in [3.05, 3.63) is 70.7 Å². The van der Waals surface area contributed by atoms with Crippen LogP contribution in [0, 0.1) is 6.92 Å². The summed E-state index contributed by atoms with van der Waals surface area (Å²) in [4.78, 5) is 17.1. The van der Waals surface area contributed by atoms with Gasteiger partial charge in [-0.1, -0.05) is 30.3 Å². The first kappa shape index (κ1) is 21.2. The minimum absolute atomic E-state index is 0.0427. The molecule has 4 nitrogen and oxygen atoms in total. The molecule has 1 aliphatic rings. The minimum atomic E-state index is 0.0427. The number of piperidine rings is 1. The number of hydrogen-bond acceptors (Lipinski definition) is 3. The third kappa shape index (κ3) is 4.19. The third-order valence-electron chi connectivity index (χ3n) is 6.68. The lowest BCUT2D eigenvalue weighted by Crippen LogP contribution is -2.46. The number of carbonyl (C=O) groups excluding carboxylic acids is 1. The lowest BCUT2D eigenvalue weighted by molar-refractivity contribution is 0.0892. The molecule has 4 aromatic rings. The fourth-order valence-corrected chi connectivity index (χ4v) is 5.97. The van der Waals surface area contributed by atoms with E-state index < -0.39 is 0 Å². The fourth-order valence-electron chi connectivity index (χ4n) is 4.82. The van der Waals surface area contributed by atoms with Gasteiger partial charge in [-0.25, -0.2) is 0 Å². The van der Waals surface area contributed by atoms with Crippen LogP contribution in [0.2, 0.25) is 0 Å². The number of nitrogens with zero attached hydrogens (tertiary/aromatic N) is 2. The second kappa shape index (κ2) is 8.72.